The second kappa shape index (κ2) is 17.9. The number of hydrogen-bond donors (Lipinski definition) is 2. The van der Waals surface area contributed by atoms with Crippen LogP contribution in [0, 0.1) is 6.92 Å². The molecular formula is C45H56N8O4. The first kappa shape index (κ1) is 39.9. The van der Waals surface area contributed by atoms with E-state index in [1.54, 1.807) is 19.2 Å². The van der Waals surface area contributed by atoms with Gasteiger partial charge in [0, 0.05) is 93.0 Å². The van der Waals surface area contributed by atoms with Gasteiger partial charge in [-0.05, 0) is 98.8 Å². The molecule has 57 heavy (non-hydrogen) atoms. The number of aryl methyl sites for hydroxylation is 3. The lowest BCUT2D eigenvalue weighted by Crippen LogP contribution is -2.43. The van der Waals surface area contributed by atoms with Crippen LogP contribution >= 0.6 is 0 Å². The molecule has 0 atom stereocenters. The Morgan fingerprint density at radius 2 is 1.74 bits per heavy atom. The van der Waals surface area contributed by atoms with Crippen LogP contribution in [-0.2, 0) is 37.3 Å². The van der Waals surface area contributed by atoms with Crippen molar-refractivity contribution in [3.05, 3.63) is 106 Å². The number of carbonyl (C=O) groups is 2. The first-order valence-electron chi connectivity index (χ1n) is 20.2. The summed E-state index contributed by atoms with van der Waals surface area (Å²) in [5.74, 6) is -0.0270. The number of amides is 2. The molecule has 3 aromatic carbocycles. The van der Waals surface area contributed by atoms with E-state index in [0.717, 1.165) is 102 Å². The standard InChI is InChI=1S/C45H56N8O4/c1-6-40-39(42(48-36-13-19-57-20-14-36)38-26-47-53(7-2)44(38)49-40)29-52(45(55)35-22-30(3)21-34(25-35)43(46)54)28-32-11-12-41(56-5)37(24-32)33-10-8-9-31(23-33)27-51-17-15-50(4)16-18-51/h8-12,21-26,36H,6-7,13-20,27-29H2,1-5H3,(H2,46,54)(H,48,49). The summed E-state index contributed by atoms with van der Waals surface area (Å²) in [6, 6.07) is 20.2. The molecule has 0 aliphatic carbocycles. The molecule has 2 aliphatic heterocycles. The van der Waals surface area contributed by atoms with Crippen molar-refractivity contribution in [3.63, 3.8) is 0 Å². The number of likely N-dealkylation sites (N-methyl/N-ethyl adjacent to an activating group) is 1. The Hall–Kier alpha value is -5.30. The number of anilines is 1. The Labute approximate surface area is 335 Å². The number of piperazine rings is 1. The molecule has 5 aromatic rings. The largest absolute Gasteiger partial charge is 0.496 e. The topological polar surface area (TPSA) is 131 Å². The quantitative estimate of drug-likeness (QED) is 0.134. The molecule has 2 amide bonds. The first-order valence-corrected chi connectivity index (χ1v) is 20.2. The molecule has 12 nitrogen and oxygen atoms in total. The van der Waals surface area contributed by atoms with E-state index in [4.69, 9.17) is 25.3 Å². The van der Waals surface area contributed by atoms with Gasteiger partial charge < -0.3 is 30.3 Å². The number of nitrogens with zero attached hydrogens (tertiary/aromatic N) is 6. The van der Waals surface area contributed by atoms with Crippen molar-refractivity contribution in [3.8, 4) is 16.9 Å². The van der Waals surface area contributed by atoms with Gasteiger partial charge in [-0.25, -0.2) is 9.67 Å². The SMILES string of the molecule is CCc1nc2c(cnn2CC)c(NC2CCOCC2)c1CN(Cc1ccc(OC)c(-c2cccc(CN3CCN(C)CC3)c2)c1)C(=O)c1cc(C)cc(C(N)=O)c1. The van der Waals surface area contributed by atoms with Gasteiger partial charge in [0.25, 0.3) is 5.91 Å². The number of pyridine rings is 1. The molecular weight excluding hydrogens is 717 g/mol. The lowest BCUT2D eigenvalue weighted by molar-refractivity contribution is 0.0729. The minimum absolute atomic E-state index is 0.202. The molecule has 2 aromatic heterocycles. The van der Waals surface area contributed by atoms with Crippen LogP contribution in [0.1, 0.15) is 75.4 Å². The summed E-state index contributed by atoms with van der Waals surface area (Å²) in [4.78, 5) is 39.2. The van der Waals surface area contributed by atoms with Crippen LogP contribution in [0.5, 0.6) is 5.75 Å². The van der Waals surface area contributed by atoms with E-state index in [2.05, 4.69) is 66.3 Å². The van der Waals surface area contributed by atoms with Gasteiger partial charge in [-0.2, -0.15) is 5.10 Å². The monoisotopic (exact) mass is 772 g/mol. The number of ether oxygens (including phenoxy) is 2. The average Bonchev–Trinajstić information content (AvgIpc) is 3.64. The number of methoxy groups -OCH3 is 1. The fraction of sp³-hybridized carbons (Fsp3) is 0.422. The third-order valence-corrected chi connectivity index (χ3v) is 11.3. The van der Waals surface area contributed by atoms with Crippen LogP contribution in [0.25, 0.3) is 22.2 Å². The maximum Gasteiger partial charge on any atom is 0.254 e. The molecule has 0 spiro atoms. The second-order valence-electron chi connectivity index (χ2n) is 15.4. The first-order chi connectivity index (χ1) is 27.6. The summed E-state index contributed by atoms with van der Waals surface area (Å²) in [6.07, 6.45) is 4.30. The average molecular weight is 773 g/mol. The molecule has 300 valence electrons. The van der Waals surface area contributed by atoms with Gasteiger partial charge in [-0.15, -0.1) is 0 Å². The van der Waals surface area contributed by atoms with Crippen LogP contribution in [-0.4, -0.2) is 101 Å². The minimum Gasteiger partial charge on any atom is -0.496 e. The highest BCUT2D eigenvalue weighted by molar-refractivity contribution is 6.00. The number of fused-ring (bicyclic) bond motifs is 1. The number of nitrogens with one attached hydrogen (secondary N) is 1. The van der Waals surface area contributed by atoms with Gasteiger partial charge in [-0.3, -0.25) is 14.5 Å². The van der Waals surface area contributed by atoms with E-state index in [-0.39, 0.29) is 18.5 Å². The number of rotatable bonds is 14. The minimum atomic E-state index is -0.576. The molecule has 2 saturated heterocycles. The number of aromatic nitrogens is 3. The molecule has 7 rings (SSSR count). The predicted molar refractivity (Wildman–Crippen MR) is 225 cm³/mol. The Bertz CT molecular complexity index is 2220. The summed E-state index contributed by atoms with van der Waals surface area (Å²) < 4.78 is 13.5. The molecule has 4 heterocycles. The Morgan fingerprint density at radius 1 is 0.965 bits per heavy atom. The highest BCUT2D eigenvalue weighted by atomic mass is 16.5. The third kappa shape index (κ3) is 9.14. The number of primary amides is 1. The highest BCUT2D eigenvalue weighted by Gasteiger charge is 2.26. The van der Waals surface area contributed by atoms with Crippen LogP contribution in [0.15, 0.2) is 66.9 Å². The summed E-state index contributed by atoms with van der Waals surface area (Å²) in [7, 11) is 3.87. The smallest absolute Gasteiger partial charge is 0.254 e. The van der Waals surface area contributed by atoms with Gasteiger partial charge in [-0.1, -0.05) is 31.2 Å². The fourth-order valence-electron chi connectivity index (χ4n) is 8.10. The number of hydrogen-bond acceptors (Lipinski definition) is 9. The fourth-order valence-corrected chi connectivity index (χ4v) is 8.10. The van der Waals surface area contributed by atoms with Gasteiger partial charge in [0.05, 0.1) is 30.9 Å². The van der Waals surface area contributed by atoms with Crippen molar-refractivity contribution >= 4 is 28.5 Å². The summed E-state index contributed by atoms with van der Waals surface area (Å²) >= 11 is 0. The predicted octanol–water partition coefficient (Wildman–Crippen LogP) is 6.28. The van der Waals surface area contributed by atoms with Gasteiger partial charge in [0.2, 0.25) is 5.91 Å². The molecule has 0 radical (unpaired) electrons. The number of benzene rings is 3. The molecule has 2 aliphatic rings. The second-order valence-corrected chi connectivity index (χ2v) is 15.4. The Kier molecular flexibility index (Phi) is 12.5. The van der Waals surface area contributed by atoms with E-state index in [0.29, 0.717) is 43.9 Å². The molecule has 0 bridgehead atoms. The van der Waals surface area contributed by atoms with E-state index < -0.39 is 5.91 Å². The Morgan fingerprint density at radius 3 is 2.46 bits per heavy atom. The van der Waals surface area contributed by atoms with E-state index in [1.807, 2.05) is 40.9 Å². The van der Waals surface area contributed by atoms with Crippen LogP contribution in [0.4, 0.5) is 5.69 Å². The van der Waals surface area contributed by atoms with Gasteiger partial charge in [0.15, 0.2) is 5.65 Å². The summed E-state index contributed by atoms with van der Waals surface area (Å²) in [5, 5.41) is 9.50. The van der Waals surface area contributed by atoms with E-state index >= 15 is 0 Å². The van der Waals surface area contributed by atoms with Crippen molar-refractivity contribution in [2.75, 3.05) is 58.9 Å². The zero-order valence-electron chi connectivity index (χ0n) is 34.0. The molecule has 3 N–H and O–H groups in total. The number of carbonyl (C=O) groups excluding carboxylic acids is 2. The Balaban J connectivity index is 1.29. The number of nitrogens with two attached hydrogens (primary N) is 1. The van der Waals surface area contributed by atoms with E-state index in [9.17, 15) is 9.59 Å². The van der Waals surface area contributed by atoms with Gasteiger partial charge in [0.1, 0.15) is 5.75 Å². The van der Waals surface area contributed by atoms with Crippen molar-refractivity contribution in [2.45, 2.75) is 72.3 Å². The normalized spacial score (nSPS) is 15.5. The van der Waals surface area contributed by atoms with Crippen molar-refractivity contribution in [1.82, 2.24) is 29.5 Å². The maximum absolute atomic E-state index is 14.9. The van der Waals surface area contributed by atoms with Crippen LogP contribution in [0.2, 0.25) is 0 Å². The van der Waals surface area contributed by atoms with Crippen molar-refractivity contribution < 1.29 is 19.1 Å². The highest BCUT2D eigenvalue weighted by Crippen LogP contribution is 2.35. The molecule has 0 unspecified atom stereocenters. The third-order valence-electron chi connectivity index (χ3n) is 11.3. The molecule has 0 saturated carbocycles. The molecule has 12 heteroatoms. The van der Waals surface area contributed by atoms with Crippen molar-refractivity contribution in [2.24, 2.45) is 5.73 Å². The van der Waals surface area contributed by atoms with Crippen LogP contribution in [0.3, 0.4) is 0 Å². The lowest BCUT2D eigenvalue weighted by Gasteiger charge is -2.32. The summed E-state index contributed by atoms with van der Waals surface area (Å²) in [6.45, 7) is 13.8. The maximum atomic E-state index is 14.9. The van der Waals surface area contributed by atoms with Gasteiger partial charge >= 0.3 is 0 Å². The van der Waals surface area contributed by atoms with Crippen molar-refractivity contribution in [1.29, 1.82) is 0 Å². The molecule has 2 fully saturated rings. The lowest BCUT2D eigenvalue weighted by atomic mass is 9.98. The zero-order valence-corrected chi connectivity index (χ0v) is 34.0. The van der Waals surface area contributed by atoms with Crippen LogP contribution < -0.4 is 15.8 Å². The van der Waals surface area contributed by atoms with E-state index in [1.165, 1.54) is 5.56 Å². The summed E-state index contributed by atoms with van der Waals surface area (Å²) in [5.41, 5.74) is 15.1. The zero-order chi connectivity index (χ0) is 40.1.